The molecule has 0 spiro atoms. The third-order valence-electron chi connectivity index (χ3n) is 2.84. The fourth-order valence-electron chi connectivity index (χ4n) is 1.87. The zero-order valence-corrected chi connectivity index (χ0v) is 10.6. The van der Waals surface area contributed by atoms with E-state index in [2.05, 4.69) is 10.1 Å². The maximum atomic E-state index is 12.5. The Bertz CT molecular complexity index is 548. The van der Waals surface area contributed by atoms with Crippen LogP contribution in [0, 0.1) is 31.6 Å². The summed E-state index contributed by atoms with van der Waals surface area (Å²) >= 11 is 0. The molecule has 1 atom stereocenters. The van der Waals surface area contributed by atoms with Crippen molar-refractivity contribution in [3.8, 4) is 5.75 Å². The second kappa shape index (κ2) is 5.86. The number of nitrogens with zero attached hydrogens (tertiary/aromatic N) is 3. The molecule has 1 saturated carbocycles. The fourth-order valence-corrected chi connectivity index (χ4v) is 1.87. The zero-order chi connectivity index (χ0) is 13.8. The molecule has 0 bridgehead atoms. The van der Waals surface area contributed by atoms with Gasteiger partial charge in [-0.2, -0.15) is 5.10 Å². The monoisotopic (exact) mass is 266 g/mol. The maximum absolute atomic E-state index is 12.5. The predicted octanol–water partition coefficient (Wildman–Crippen LogP) is 1.83. The number of benzene rings is 1. The van der Waals surface area contributed by atoms with Crippen molar-refractivity contribution in [1.82, 2.24) is 14.8 Å². The van der Waals surface area contributed by atoms with E-state index in [0.29, 0.717) is 11.7 Å². The first-order valence-corrected chi connectivity index (χ1v) is 6.16. The Morgan fingerprint density at radius 3 is 2.55 bits per heavy atom. The molecule has 5 heteroatoms. The minimum Gasteiger partial charge on any atom is -0.461 e. The molecular weight excluding hydrogens is 254 g/mol. The van der Waals surface area contributed by atoms with Crippen molar-refractivity contribution in [2.45, 2.75) is 6.23 Å². The van der Waals surface area contributed by atoms with E-state index in [0.717, 1.165) is 0 Å². The van der Waals surface area contributed by atoms with E-state index in [1.807, 2.05) is 31.0 Å². The lowest BCUT2D eigenvalue weighted by Crippen LogP contribution is -2.29. The van der Waals surface area contributed by atoms with E-state index in [4.69, 9.17) is 4.74 Å². The van der Waals surface area contributed by atoms with E-state index in [1.54, 1.807) is 25.0 Å². The molecule has 1 heterocycles. The highest BCUT2D eigenvalue weighted by atomic mass is 16.5. The molecule has 5 nitrogen and oxygen atoms in total. The van der Waals surface area contributed by atoms with Crippen LogP contribution in [0.3, 0.4) is 0 Å². The molecule has 5 radical (unpaired) electrons. The largest absolute Gasteiger partial charge is 0.461 e. The molecule has 1 unspecified atom stereocenters. The van der Waals surface area contributed by atoms with E-state index in [9.17, 15) is 4.79 Å². The van der Waals surface area contributed by atoms with Gasteiger partial charge in [0, 0.05) is 0 Å². The molecule has 3 rings (SSSR count). The average Bonchev–Trinajstić information content (AvgIpc) is 3.18. The van der Waals surface area contributed by atoms with Gasteiger partial charge in [-0.3, -0.25) is 4.79 Å². The lowest BCUT2D eigenvalue weighted by Gasteiger charge is -2.20. The second-order valence-corrected chi connectivity index (χ2v) is 4.20. The number of carbonyl (C=O) groups is 1. The van der Waals surface area contributed by atoms with Gasteiger partial charge >= 0.3 is 0 Å². The number of aromatic nitrogens is 3. The molecular formula is C15H12N3O2. The quantitative estimate of drug-likeness (QED) is 0.828. The number of carbonyl (C=O) groups excluding carboxylic acids is 1. The minimum atomic E-state index is -0.859. The van der Waals surface area contributed by atoms with E-state index in [-0.39, 0.29) is 5.78 Å². The van der Waals surface area contributed by atoms with Gasteiger partial charge in [0.05, 0.1) is 5.92 Å². The summed E-state index contributed by atoms with van der Waals surface area (Å²) in [6.07, 6.45) is 9.11. The van der Waals surface area contributed by atoms with Crippen molar-refractivity contribution in [2.75, 3.05) is 0 Å². The molecule has 1 fully saturated rings. The Kier molecular flexibility index (Phi) is 3.76. The van der Waals surface area contributed by atoms with Gasteiger partial charge in [0.2, 0.25) is 5.78 Å². The standard InChI is InChI=1S/C15H12N3O2/c19-14(12-6-4-5-7-12)15(18-11-16-10-17-18)20-13-8-2-1-3-9-13/h1-11,15H. The summed E-state index contributed by atoms with van der Waals surface area (Å²) in [6.45, 7) is 0. The number of para-hydroxylation sites is 1. The number of hydrogen-bond acceptors (Lipinski definition) is 4. The first-order valence-electron chi connectivity index (χ1n) is 6.16. The molecule has 0 N–H and O–H groups in total. The first-order chi connectivity index (χ1) is 9.84. The third kappa shape index (κ3) is 2.71. The summed E-state index contributed by atoms with van der Waals surface area (Å²) in [7, 11) is 0. The number of ketones is 1. The first kappa shape index (κ1) is 12.8. The van der Waals surface area contributed by atoms with Gasteiger partial charge < -0.3 is 4.74 Å². The molecule has 20 heavy (non-hydrogen) atoms. The highest BCUT2D eigenvalue weighted by Gasteiger charge is 2.33. The van der Waals surface area contributed by atoms with Crippen LogP contribution in [0.1, 0.15) is 6.23 Å². The number of Topliss-reactive ketones (excluding diaryl/α,β-unsaturated/α-hetero) is 1. The van der Waals surface area contributed by atoms with Crippen LogP contribution in [-0.2, 0) is 4.79 Å². The SMILES string of the molecule is O=C([C]1[CH][CH][CH][CH]1)C(Oc1ccccc1)n1cncn1. The van der Waals surface area contributed by atoms with Crippen LogP contribution in [0.5, 0.6) is 5.75 Å². The lowest BCUT2D eigenvalue weighted by molar-refractivity contribution is -0.127. The number of rotatable bonds is 5. The van der Waals surface area contributed by atoms with Gasteiger partial charge in [-0.05, 0) is 37.8 Å². The smallest absolute Gasteiger partial charge is 0.252 e. The second-order valence-electron chi connectivity index (χ2n) is 4.20. The van der Waals surface area contributed by atoms with E-state index >= 15 is 0 Å². The normalized spacial score (nSPS) is 17.0. The topological polar surface area (TPSA) is 57.0 Å². The van der Waals surface area contributed by atoms with Gasteiger partial charge in [0.1, 0.15) is 18.4 Å². The summed E-state index contributed by atoms with van der Waals surface area (Å²) in [4.78, 5) is 16.4. The molecule has 1 aromatic heterocycles. The van der Waals surface area contributed by atoms with Crippen LogP contribution in [0.2, 0.25) is 0 Å². The van der Waals surface area contributed by atoms with Gasteiger partial charge in [0.25, 0.3) is 6.23 Å². The Labute approximate surface area is 117 Å². The van der Waals surface area contributed by atoms with Crippen LogP contribution in [0.4, 0.5) is 0 Å². The Balaban J connectivity index is 1.82. The van der Waals surface area contributed by atoms with Crippen molar-refractivity contribution < 1.29 is 9.53 Å². The summed E-state index contributed by atoms with van der Waals surface area (Å²) in [5.41, 5.74) is 0. The van der Waals surface area contributed by atoms with Crippen molar-refractivity contribution >= 4 is 5.78 Å². The molecule has 1 aliphatic rings. The van der Waals surface area contributed by atoms with Gasteiger partial charge in [-0.15, -0.1) is 0 Å². The molecule has 2 aromatic rings. The highest BCUT2D eigenvalue weighted by molar-refractivity contribution is 5.99. The van der Waals surface area contributed by atoms with Gasteiger partial charge in [-0.25, -0.2) is 9.67 Å². The summed E-state index contributed by atoms with van der Waals surface area (Å²) in [5, 5.41) is 4.00. The van der Waals surface area contributed by atoms with Crippen LogP contribution < -0.4 is 4.74 Å². The molecule has 0 saturated heterocycles. The van der Waals surface area contributed by atoms with Crippen LogP contribution in [0.15, 0.2) is 43.0 Å². The molecule has 1 aliphatic carbocycles. The zero-order valence-electron chi connectivity index (χ0n) is 10.6. The minimum absolute atomic E-state index is 0.163. The lowest BCUT2D eigenvalue weighted by atomic mass is 10.0. The van der Waals surface area contributed by atoms with Crippen molar-refractivity contribution in [3.05, 3.63) is 74.6 Å². The van der Waals surface area contributed by atoms with Crippen molar-refractivity contribution in [3.63, 3.8) is 0 Å². The maximum Gasteiger partial charge on any atom is 0.252 e. The van der Waals surface area contributed by atoms with Crippen LogP contribution >= 0.6 is 0 Å². The Morgan fingerprint density at radius 1 is 1.15 bits per heavy atom. The van der Waals surface area contributed by atoms with Crippen molar-refractivity contribution in [1.29, 1.82) is 0 Å². The number of ether oxygens (including phenoxy) is 1. The highest BCUT2D eigenvalue weighted by Crippen LogP contribution is 2.29. The average molecular weight is 266 g/mol. The molecule has 99 valence electrons. The summed E-state index contributed by atoms with van der Waals surface area (Å²) < 4.78 is 7.16. The molecule has 0 amide bonds. The van der Waals surface area contributed by atoms with E-state index in [1.165, 1.54) is 17.3 Å². The van der Waals surface area contributed by atoms with Crippen LogP contribution in [0.25, 0.3) is 0 Å². The summed E-state index contributed by atoms with van der Waals surface area (Å²) in [5.74, 6) is 1.03. The Hall–Kier alpha value is -2.17. The fraction of sp³-hybridized carbons (Fsp3) is 0.0667. The molecule has 0 aliphatic heterocycles. The van der Waals surface area contributed by atoms with E-state index < -0.39 is 6.23 Å². The third-order valence-corrected chi connectivity index (χ3v) is 2.84. The van der Waals surface area contributed by atoms with Crippen LogP contribution in [-0.4, -0.2) is 20.5 Å². The van der Waals surface area contributed by atoms with Crippen molar-refractivity contribution in [2.24, 2.45) is 0 Å². The number of hydrogen-bond donors (Lipinski definition) is 0. The van der Waals surface area contributed by atoms with Gasteiger partial charge in [0.15, 0.2) is 0 Å². The Morgan fingerprint density at radius 2 is 1.90 bits per heavy atom. The van der Waals surface area contributed by atoms with Gasteiger partial charge in [-0.1, -0.05) is 18.2 Å². The summed E-state index contributed by atoms with van der Waals surface area (Å²) in [6, 6.07) is 9.17. The predicted molar refractivity (Wildman–Crippen MR) is 71.6 cm³/mol. The molecule has 1 aromatic carbocycles.